The van der Waals surface area contributed by atoms with Gasteiger partial charge in [-0.05, 0) is 6.42 Å². The lowest BCUT2D eigenvalue weighted by molar-refractivity contribution is 0.164. The minimum atomic E-state index is 0. The van der Waals surface area contributed by atoms with Crippen LogP contribution in [0.2, 0.25) is 15.2 Å². The molecule has 3 nitrogen and oxygen atoms in total. The summed E-state index contributed by atoms with van der Waals surface area (Å²) < 4.78 is 0. The van der Waals surface area contributed by atoms with Gasteiger partial charge in [-0.2, -0.15) is 0 Å². The molecule has 1 aromatic rings. The number of hydrogen-bond donors (Lipinski definition) is 1. The van der Waals surface area contributed by atoms with Gasteiger partial charge in [-0.25, -0.2) is 4.98 Å². The van der Waals surface area contributed by atoms with E-state index in [4.69, 9.17) is 34.8 Å². The van der Waals surface area contributed by atoms with Gasteiger partial charge in [0.05, 0.1) is 10.0 Å². The number of aromatic nitrogens is 1. The molecule has 0 unspecified atom stereocenters. The quantitative estimate of drug-likeness (QED) is 0.753. The van der Waals surface area contributed by atoms with Crippen molar-refractivity contribution in [2.75, 3.05) is 26.2 Å². The van der Waals surface area contributed by atoms with Gasteiger partial charge in [-0.1, -0.05) is 48.1 Å². The Morgan fingerprint density at radius 3 is 2.43 bits per heavy atom. The van der Waals surface area contributed by atoms with Gasteiger partial charge in [-0.3, -0.25) is 4.90 Å². The summed E-state index contributed by atoms with van der Waals surface area (Å²) in [6.07, 6.45) is 3.68. The van der Waals surface area contributed by atoms with E-state index in [1.165, 1.54) is 0 Å². The van der Waals surface area contributed by atoms with E-state index >= 15 is 0 Å². The second-order valence-corrected chi connectivity index (χ2v) is 5.86. The summed E-state index contributed by atoms with van der Waals surface area (Å²) in [5.41, 5.74) is 0.923. The Balaban J connectivity index is 0.00000200. The summed E-state index contributed by atoms with van der Waals surface area (Å²) >= 11 is 18.7. The average molecular weight is 396 g/mol. The highest BCUT2D eigenvalue weighted by atomic mass is 35.5. The zero-order valence-corrected chi connectivity index (χ0v) is 15.6. The first kappa shape index (κ1) is 21.5. The third-order valence-electron chi connectivity index (χ3n) is 3.45. The van der Waals surface area contributed by atoms with Crippen LogP contribution in [0.1, 0.15) is 31.4 Å². The molecule has 0 spiro atoms. The lowest BCUT2D eigenvalue weighted by Crippen LogP contribution is -2.45. The largest absolute Gasteiger partial charge is 0.314 e. The second-order valence-electron chi connectivity index (χ2n) is 4.72. The number of nitrogens with one attached hydrogen (secondary N) is 1. The zero-order valence-electron chi connectivity index (χ0n) is 11.7. The van der Waals surface area contributed by atoms with Crippen LogP contribution in [0.25, 0.3) is 0 Å². The Morgan fingerprint density at radius 1 is 1.24 bits per heavy atom. The molecule has 1 atom stereocenters. The molecule has 1 saturated heterocycles. The molecule has 1 aromatic heterocycles. The van der Waals surface area contributed by atoms with Crippen LogP contribution in [0.5, 0.6) is 0 Å². The van der Waals surface area contributed by atoms with E-state index in [0.717, 1.165) is 44.6 Å². The maximum atomic E-state index is 6.33. The lowest BCUT2D eigenvalue weighted by Gasteiger charge is -2.36. The van der Waals surface area contributed by atoms with E-state index in [1.807, 2.05) is 0 Å². The molecule has 0 aromatic carbocycles. The smallest absolute Gasteiger partial charge is 0.148 e. The second kappa shape index (κ2) is 10.3. The molecule has 1 aliphatic heterocycles. The van der Waals surface area contributed by atoms with Crippen LogP contribution < -0.4 is 5.32 Å². The lowest BCUT2D eigenvalue weighted by atomic mass is 10.0. The SMILES string of the molecule is CCC[C@@H](c1c(Cl)cnc(Cl)c1Cl)N1CCNCC1.Cl.Cl. The van der Waals surface area contributed by atoms with Crippen LogP contribution in [-0.4, -0.2) is 36.1 Å². The first-order chi connectivity index (χ1) is 9.15. The highest BCUT2D eigenvalue weighted by Crippen LogP contribution is 2.38. The molecule has 1 aliphatic rings. The van der Waals surface area contributed by atoms with Crippen LogP contribution >= 0.6 is 59.6 Å². The predicted molar refractivity (Wildman–Crippen MR) is 95.9 cm³/mol. The summed E-state index contributed by atoms with van der Waals surface area (Å²) in [7, 11) is 0. The number of pyridine rings is 1. The normalized spacial score (nSPS) is 16.8. The van der Waals surface area contributed by atoms with Crippen LogP contribution in [-0.2, 0) is 0 Å². The van der Waals surface area contributed by atoms with Gasteiger partial charge >= 0.3 is 0 Å². The molecule has 1 fully saturated rings. The van der Waals surface area contributed by atoms with Crippen molar-refractivity contribution in [3.05, 3.63) is 27.0 Å². The first-order valence-electron chi connectivity index (χ1n) is 6.59. The molecule has 0 aliphatic carbocycles. The Hall–Kier alpha value is 0.520. The van der Waals surface area contributed by atoms with Gasteiger partial charge in [0.2, 0.25) is 0 Å². The van der Waals surface area contributed by atoms with Crippen LogP contribution in [0.3, 0.4) is 0 Å². The summed E-state index contributed by atoms with van der Waals surface area (Å²) in [4.78, 5) is 6.42. The van der Waals surface area contributed by atoms with Gasteiger partial charge in [0.25, 0.3) is 0 Å². The number of halogens is 5. The van der Waals surface area contributed by atoms with Crippen molar-refractivity contribution >= 4 is 59.6 Å². The minimum Gasteiger partial charge on any atom is -0.314 e. The molecule has 122 valence electrons. The number of piperazine rings is 1. The summed E-state index contributed by atoms with van der Waals surface area (Å²) in [6, 6.07) is 0.215. The van der Waals surface area contributed by atoms with E-state index < -0.39 is 0 Å². The maximum Gasteiger partial charge on any atom is 0.148 e. The number of nitrogens with zero attached hydrogens (tertiary/aromatic N) is 2. The van der Waals surface area contributed by atoms with Gasteiger partial charge in [0.1, 0.15) is 5.15 Å². The Morgan fingerprint density at radius 2 is 1.86 bits per heavy atom. The van der Waals surface area contributed by atoms with Crippen LogP contribution in [0, 0.1) is 0 Å². The zero-order chi connectivity index (χ0) is 13.8. The van der Waals surface area contributed by atoms with Crippen molar-refractivity contribution in [3.8, 4) is 0 Å². The number of hydrogen-bond acceptors (Lipinski definition) is 3. The monoisotopic (exact) mass is 393 g/mol. The molecule has 0 radical (unpaired) electrons. The van der Waals surface area contributed by atoms with Crippen molar-refractivity contribution in [1.29, 1.82) is 0 Å². The van der Waals surface area contributed by atoms with E-state index in [2.05, 4.69) is 22.1 Å². The van der Waals surface area contributed by atoms with Gasteiger partial charge in [0, 0.05) is 44.0 Å². The van der Waals surface area contributed by atoms with Crippen LogP contribution in [0.4, 0.5) is 0 Å². The Labute approximate surface area is 153 Å². The van der Waals surface area contributed by atoms with Gasteiger partial charge in [-0.15, -0.1) is 24.8 Å². The molecule has 0 bridgehead atoms. The molecule has 8 heteroatoms. The molecule has 2 rings (SSSR count). The van der Waals surface area contributed by atoms with Gasteiger partial charge < -0.3 is 5.32 Å². The topological polar surface area (TPSA) is 28.2 Å². The summed E-state index contributed by atoms with van der Waals surface area (Å²) in [5.74, 6) is 0. The van der Waals surface area contributed by atoms with E-state index in [0.29, 0.717) is 15.2 Å². The van der Waals surface area contributed by atoms with Gasteiger partial charge in [0.15, 0.2) is 0 Å². The third-order valence-corrected chi connectivity index (χ3v) is 4.52. The summed E-state index contributed by atoms with van der Waals surface area (Å²) in [5, 5.41) is 4.78. The van der Waals surface area contributed by atoms with E-state index in [1.54, 1.807) is 6.20 Å². The van der Waals surface area contributed by atoms with E-state index in [9.17, 15) is 0 Å². The van der Waals surface area contributed by atoms with Crippen molar-refractivity contribution < 1.29 is 0 Å². The highest BCUT2D eigenvalue weighted by molar-refractivity contribution is 6.43. The van der Waals surface area contributed by atoms with Crippen molar-refractivity contribution in [2.45, 2.75) is 25.8 Å². The third kappa shape index (κ3) is 5.28. The molecular formula is C13H20Cl5N3. The fourth-order valence-corrected chi connectivity index (χ4v) is 3.28. The van der Waals surface area contributed by atoms with Crippen molar-refractivity contribution in [1.82, 2.24) is 15.2 Å². The minimum absolute atomic E-state index is 0. The summed E-state index contributed by atoms with van der Waals surface area (Å²) in [6.45, 7) is 6.15. The van der Waals surface area contributed by atoms with Crippen molar-refractivity contribution in [3.63, 3.8) is 0 Å². The number of rotatable bonds is 4. The van der Waals surface area contributed by atoms with Crippen LogP contribution in [0.15, 0.2) is 6.20 Å². The molecule has 2 heterocycles. The Bertz CT molecular complexity index is 438. The standard InChI is InChI=1S/C13H18Cl3N3.2ClH/c1-2-3-10(19-6-4-17-5-7-19)11-9(14)8-18-13(16)12(11)15;;/h8,10,17H,2-7H2,1H3;2*1H/t10-;;/m0../s1. The first-order valence-corrected chi connectivity index (χ1v) is 7.72. The molecule has 1 N–H and O–H groups in total. The average Bonchev–Trinajstić information content (AvgIpc) is 2.43. The molecule has 21 heavy (non-hydrogen) atoms. The van der Waals surface area contributed by atoms with Crippen molar-refractivity contribution in [2.24, 2.45) is 0 Å². The molecule has 0 saturated carbocycles. The fourth-order valence-electron chi connectivity index (χ4n) is 2.54. The molecule has 0 amide bonds. The van der Waals surface area contributed by atoms with E-state index in [-0.39, 0.29) is 30.9 Å². The maximum absolute atomic E-state index is 6.33. The highest BCUT2D eigenvalue weighted by Gasteiger charge is 2.26. The Kier molecular flexibility index (Phi) is 10.6. The molecular weight excluding hydrogens is 375 g/mol. The predicted octanol–water partition coefficient (Wildman–Crippen LogP) is 4.63. The fraction of sp³-hybridized carbons (Fsp3) is 0.615.